The molecule has 3 heteroatoms. The molecule has 0 unspecified atom stereocenters. The summed E-state index contributed by atoms with van der Waals surface area (Å²) in [6.07, 6.45) is 8.94. The molecule has 31 heavy (non-hydrogen) atoms. The van der Waals surface area contributed by atoms with Crippen LogP contribution in [0.4, 0.5) is 0 Å². The fraction of sp³-hybridized carbons (Fsp3) is 0. The van der Waals surface area contributed by atoms with Crippen LogP contribution in [0, 0.1) is 0 Å². The first-order valence-electron chi connectivity index (χ1n) is 10.5. The van der Waals surface area contributed by atoms with Gasteiger partial charge in [-0.05, 0) is 0 Å². The fourth-order valence-electron chi connectivity index (χ4n) is 4.80. The van der Waals surface area contributed by atoms with Gasteiger partial charge in [-0.3, -0.25) is 0 Å². The Bertz CT molecular complexity index is 1010. The van der Waals surface area contributed by atoms with Gasteiger partial charge in [0, 0.05) is 0 Å². The molecule has 2 nitrogen and oxygen atoms in total. The summed E-state index contributed by atoms with van der Waals surface area (Å²) in [5.74, 6) is 0. The van der Waals surface area contributed by atoms with E-state index in [1.165, 1.54) is 13.1 Å². The van der Waals surface area contributed by atoms with Crippen molar-refractivity contribution in [2.24, 2.45) is 0 Å². The van der Waals surface area contributed by atoms with E-state index in [2.05, 4.69) is 159 Å². The molecule has 2 aromatic heterocycles. The summed E-state index contributed by atoms with van der Waals surface area (Å²) >= 11 is -4.24. The molecule has 0 fully saturated rings. The third-order valence-electron chi connectivity index (χ3n) is 6.04. The molecule has 0 bridgehead atoms. The normalized spacial score (nSPS) is 12.6. The Morgan fingerprint density at radius 3 is 0.871 bits per heavy atom. The number of hydrogen-bond acceptors (Lipinski definition) is 0. The Balaban J connectivity index is 2.14. The average molecular weight is 464 g/mol. The first-order valence-corrected chi connectivity index (χ1v) is 15.0. The van der Waals surface area contributed by atoms with E-state index in [1.54, 1.807) is 0 Å². The van der Waals surface area contributed by atoms with E-state index in [-0.39, 0.29) is 0 Å². The maximum absolute atomic E-state index is 4.24. The summed E-state index contributed by atoms with van der Waals surface area (Å²) in [5.41, 5.74) is 0. The van der Waals surface area contributed by atoms with Crippen molar-refractivity contribution in [1.82, 2.24) is 0 Å². The number of benzene rings is 3. The minimum atomic E-state index is -4.24. The molecule has 0 atom stereocenters. The molecule has 0 aliphatic rings. The molecule has 0 aliphatic carbocycles. The molecule has 150 valence electrons. The quantitative estimate of drug-likeness (QED) is 0.354. The Kier molecular flexibility index (Phi) is 5.01. The van der Waals surface area contributed by atoms with Gasteiger partial charge in [0.05, 0.1) is 0 Å². The number of nitrogens with zero attached hydrogens (tertiary/aromatic N) is 2. The molecule has 5 aromatic rings. The van der Waals surface area contributed by atoms with Gasteiger partial charge in [-0.15, -0.1) is 0 Å². The van der Waals surface area contributed by atoms with Crippen molar-refractivity contribution in [3.05, 3.63) is 152 Å². The molecule has 0 spiro atoms. The summed E-state index contributed by atoms with van der Waals surface area (Å²) in [4.78, 5) is 0. The standard InChI is InChI=1S/C28H25AsN2/c1-6-16-26(17-7-1)29(27-18-8-2-9-19-27,28-20-10-3-11-21-28,30-22-12-4-13-23-30)31-24-14-5-15-25-31/h1-25H/q+2. The predicted molar refractivity (Wildman–Crippen MR) is 128 cm³/mol. The van der Waals surface area contributed by atoms with E-state index in [0.29, 0.717) is 0 Å². The third-order valence-corrected chi connectivity index (χ3v) is 19.0. The van der Waals surface area contributed by atoms with Crippen LogP contribution in [0.25, 0.3) is 0 Å². The molecule has 3 aromatic carbocycles. The first-order chi connectivity index (χ1) is 15.4. The second-order valence-electron chi connectivity index (χ2n) is 7.54. The van der Waals surface area contributed by atoms with Crippen molar-refractivity contribution >= 4 is 26.0 Å². The van der Waals surface area contributed by atoms with Crippen LogP contribution in [-0.2, 0) is 0 Å². The number of hydrogen-bond donors (Lipinski definition) is 0. The van der Waals surface area contributed by atoms with Crippen molar-refractivity contribution in [1.29, 1.82) is 0 Å². The molecule has 0 N–H and O–H groups in total. The molecule has 2 heterocycles. The Morgan fingerprint density at radius 1 is 0.323 bits per heavy atom. The van der Waals surface area contributed by atoms with E-state index >= 15 is 0 Å². The molecule has 0 saturated heterocycles. The maximum atomic E-state index is 2.50. The van der Waals surface area contributed by atoms with Gasteiger partial charge in [-0.2, -0.15) is 0 Å². The van der Waals surface area contributed by atoms with E-state index in [9.17, 15) is 0 Å². The minimum absolute atomic E-state index is 1.32. The van der Waals surface area contributed by atoms with Gasteiger partial charge in [-0.25, -0.2) is 0 Å². The van der Waals surface area contributed by atoms with Crippen molar-refractivity contribution in [3.8, 4) is 0 Å². The monoisotopic (exact) mass is 464 g/mol. The zero-order valence-electron chi connectivity index (χ0n) is 17.3. The zero-order chi connectivity index (χ0) is 21.0. The van der Waals surface area contributed by atoms with Crippen LogP contribution in [-0.4, -0.2) is 12.9 Å². The van der Waals surface area contributed by atoms with Crippen LogP contribution in [0.2, 0.25) is 0 Å². The zero-order valence-corrected chi connectivity index (χ0v) is 19.2. The Labute approximate surface area is 184 Å². The molecular weight excluding hydrogens is 439 g/mol. The van der Waals surface area contributed by atoms with Crippen molar-refractivity contribution in [2.45, 2.75) is 0 Å². The van der Waals surface area contributed by atoms with Crippen LogP contribution in [0.15, 0.2) is 152 Å². The number of rotatable bonds is 5. The molecule has 0 saturated carbocycles. The van der Waals surface area contributed by atoms with Crippen LogP contribution < -0.4 is 20.0 Å². The summed E-state index contributed by atoms with van der Waals surface area (Å²) in [5, 5.41) is 0. The van der Waals surface area contributed by atoms with Gasteiger partial charge < -0.3 is 0 Å². The van der Waals surface area contributed by atoms with Gasteiger partial charge in [0.2, 0.25) is 0 Å². The van der Waals surface area contributed by atoms with E-state index in [1.807, 2.05) is 0 Å². The average Bonchev–Trinajstić information content (AvgIpc) is 2.88. The van der Waals surface area contributed by atoms with Crippen LogP contribution >= 0.6 is 0 Å². The second-order valence-corrected chi connectivity index (χ2v) is 17.0. The van der Waals surface area contributed by atoms with Crippen LogP contribution in [0.3, 0.4) is 0 Å². The SMILES string of the molecule is c1ccc([As](c2ccccc2)(c2ccccc2)([n+]2ccccc2)[n+]2ccccc2)cc1. The van der Waals surface area contributed by atoms with Gasteiger partial charge in [0.1, 0.15) is 0 Å². The molecule has 0 aliphatic heterocycles. The predicted octanol–water partition coefficient (Wildman–Crippen LogP) is 2.78. The molecular formula is C28H25AsN2+2. The summed E-state index contributed by atoms with van der Waals surface area (Å²) in [7, 11) is 0. The topological polar surface area (TPSA) is 7.76 Å². The Morgan fingerprint density at radius 2 is 0.581 bits per heavy atom. The molecule has 0 radical (unpaired) electrons. The van der Waals surface area contributed by atoms with Gasteiger partial charge in [0.15, 0.2) is 0 Å². The third kappa shape index (κ3) is 2.72. The molecule has 0 amide bonds. The van der Waals surface area contributed by atoms with Crippen molar-refractivity contribution < 1.29 is 6.97 Å². The number of pyridine rings is 2. The molecule has 5 rings (SSSR count). The van der Waals surface area contributed by atoms with Gasteiger partial charge in [-0.1, -0.05) is 0 Å². The van der Waals surface area contributed by atoms with E-state index in [0.717, 1.165) is 0 Å². The van der Waals surface area contributed by atoms with Crippen molar-refractivity contribution in [2.75, 3.05) is 0 Å². The Hall–Kier alpha value is -3.48. The second kappa shape index (κ2) is 7.98. The van der Waals surface area contributed by atoms with Crippen LogP contribution in [0.5, 0.6) is 0 Å². The summed E-state index contributed by atoms with van der Waals surface area (Å²) < 4.78 is 8.97. The fourth-order valence-corrected chi connectivity index (χ4v) is 18.0. The number of aromatic nitrogens is 2. The van der Waals surface area contributed by atoms with Crippen LogP contribution in [0.1, 0.15) is 0 Å². The van der Waals surface area contributed by atoms with Crippen molar-refractivity contribution in [3.63, 3.8) is 0 Å². The first kappa shape index (κ1) is 19.5. The van der Waals surface area contributed by atoms with E-state index < -0.39 is 12.9 Å². The van der Waals surface area contributed by atoms with Gasteiger partial charge in [0.25, 0.3) is 0 Å². The summed E-state index contributed by atoms with van der Waals surface area (Å²) in [6.45, 7) is 0. The van der Waals surface area contributed by atoms with E-state index in [4.69, 9.17) is 0 Å². The van der Waals surface area contributed by atoms with Gasteiger partial charge >= 0.3 is 185 Å². The summed E-state index contributed by atoms with van der Waals surface area (Å²) in [6, 6.07) is 45.8.